The maximum absolute atomic E-state index is 5.99. The van der Waals surface area contributed by atoms with Crippen LogP contribution in [0, 0.1) is 5.92 Å². The van der Waals surface area contributed by atoms with Crippen LogP contribution in [0.25, 0.3) is 0 Å². The Kier molecular flexibility index (Phi) is 8.34. The third-order valence-corrected chi connectivity index (χ3v) is 4.98. The number of hydrogen-bond acceptors (Lipinski definition) is 3. The smallest absolute Gasteiger partial charge is 0.193 e. The van der Waals surface area contributed by atoms with Crippen LogP contribution < -0.4 is 16.0 Å². The van der Waals surface area contributed by atoms with Gasteiger partial charge < -0.3 is 16.0 Å². The van der Waals surface area contributed by atoms with Gasteiger partial charge in [-0.15, -0.1) is 24.0 Å². The molecule has 3 rings (SSSR count). The summed E-state index contributed by atoms with van der Waals surface area (Å²) in [5.74, 6) is 2.31. The number of rotatable bonds is 5. The number of aliphatic imine (C=N–C) groups is 1. The van der Waals surface area contributed by atoms with E-state index in [1.807, 2.05) is 18.3 Å². The topological polar surface area (TPSA) is 66.5 Å². The molecule has 1 saturated heterocycles. The number of aromatic nitrogens is 1. The van der Waals surface area contributed by atoms with Crippen molar-refractivity contribution in [1.29, 1.82) is 0 Å². The van der Waals surface area contributed by atoms with Crippen molar-refractivity contribution in [3.63, 3.8) is 0 Å². The molecule has 0 radical (unpaired) electrons. The molecule has 1 aliphatic rings. The van der Waals surface area contributed by atoms with E-state index in [0.717, 1.165) is 42.5 Å². The zero-order valence-electron chi connectivity index (χ0n) is 16.2. The fraction of sp³-hybridized carbons (Fsp3) is 0.429. The molecule has 0 unspecified atom stereocenters. The molecule has 2 heterocycles. The highest BCUT2D eigenvalue weighted by molar-refractivity contribution is 14.0. The van der Waals surface area contributed by atoms with Crippen LogP contribution >= 0.6 is 24.0 Å². The van der Waals surface area contributed by atoms with Crippen molar-refractivity contribution < 1.29 is 0 Å². The van der Waals surface area contributed by atoms with Gasteiger partial charge in [0.2, 0.25) is 0 Å². The largest absolute Gasteiger partial charge is 0.370 e. The Hall–Kier alpha value is -1.83. The summed E-state index contributed by atoms with van der Waals surface area (Å²) in [7, 11) is 0. The third kappa shape index (κ3) is 6.37. The normalized spacial score (nSPS) is 15.3. The maximum Gasteiger partial charge on any atom is 0.193 e. The van der Waals surface area contributed by atoms with Crippen LogP contribution in [0.2, 0.25) is 0 Å². The molecule has 0 atom stereocenters. The molecule has 1 aromatic heterocycles. The Balaban J connectivity index is 0.00000261. The lowest BCUT2D eigenvalue weighted by atomic mass is 9.99. The summed E-state index contributed by atoms with van der Waals surface area (Å²) in [6.07, 6.45) is 5.42. The molecule has 0 bridgehead atoms. The molecule has 1 fully saturated rings. The number of guanidine groups is 1. The number of anilines is 2. The first-order chi connectivity index (χ1) is 12.6. The van der Waals surface area contributed by atoms with Crippen molar-refractivity contribution in [2.45, 2.75) is 39.7 Å². The minimum Gasteiger partial charge on any atom is -0.370 e. The summed E-state index contributed by atoms with van der Waals surface area (Å²) in [6.45, 7) is 7.18. The van der Waals surface area contributed by atoms with Crippen molar-refractivity contribution in [1.82, 2.24) is 4.98 Å². The predicted octanol–water partition coefficient (Wildman–Crippen LogP) is 4.43. The highest BCUT2D eigenvalue weighted by atomic mass is 127. The van der Waals surface area contributed by atoms with Gasteiger partial charge in [-0.3, -0.25) is 0 Å². The first-order valence-corrected chi connectivity index (χ1v) is 9.50. The minimum atomic E-state index is 0. The number of nitrogens with two attached hydrogens (primary N) is 1. The van der Waals surface area contributed by atoms with Crippen LogP contribution in [-0.2, 0) is 13.0 Å². The lowest BCUT2D eigenvalue weighted by molar-refractivity contribution is 0.436. The van der Waals surface area contributed by atoms with Crippen LogP contribution in [0.4, 0.5) is 11.5 Å². The van der Waals surface area contributed by atoms with Gasteiger partial charge in [0.25, 0.3) is 0 Å². The van der Waals surface area contributed by atoms with Gasteiger partial charge in [-0.25, -0.2) is 9.98 Å². The molecule has 0 aliphatic carbocycles. The summed E-state index contributed by atoms with van der Waals surface area (Å²) in [4.78, 5) is 11.4. The molecule has 146 valence electrons. The van der Waals surface area contributed by atoms with E-state index >= 15 is 0 Å². The van der Waals surface area contributed by atoms with Crippen LogP contribution in [0.5, 0.6) is 0 Å². The Morgan fingerprint density at radius 3 is 2.41 bits per heavy atom. The summed E-state index contributed by atoms with van der Waals surface area (Å²) in [6, 6.07) is 12.4. The molecule has 0 saturated carbocycles. The van der Waals surface area contributed by atoms with Crippen molar-refractivity contribution in [3.05, 3.63) is 53.7 Å². The second kappa shape index (κ2) is 10.5. The number of piperidine rings is 1. The van der Waals surface area contributed by atoms with Crippen LogP contribution in [-0.4, -0.2) is 24.0 Å². The molecule has 27 heavy (non-hydrogen) atoms. The van der Waals surface area contributed by atoms with Crippen LogP contribution in [0.1, 0.15) is 37.8 Å². The third-order valence-electron chi connectivity index (χ3n) is 4.98. The van der Waals surface area contributed by atoms with E-state index in [4.69, 9.17) is 5.73 Å². The Labute approximate surface area is 179 Å². The summed E-state index contributed by atoms with van der Waals surface area (Å²) in [5, 5.41) is 3.13. The van der Waals surface area contributed by atoms with Gasteiger partial charge in [-0.05, 0) is 54.5 Å². The van der Waals surface area contributed by atoms with Gasteiger partial charge in [-0.2, -0.15) is 0 Å². The molecule has 1 aliphatic heterocycles. The van der Waals surface area contributed by atoms with Gasteiger partial charge >= 0.3 is 0 Å². The lowest BCUT2D eigenvalue weighted by Gasteiger charge is -2.31. The second-order valence-corrected chi connectivity index (χ2v) is 7.07. The van der Waals surface area contributed by atoms with E-state index in [-0.39, 0.29) is 24.0 Å². The number of pyridine rings is 1. The molecule has 0 spiro atoms. The molecule has 0 amide bonds. The monoisotopic (exact) mass is 479 g/mol. The first-order valence-electron chi connectivity index (χ1n) is 9.50. The molecule has 2 aromatic rings. The molecule has 3 N–H and O–H groups in total. The maximum atomic E-state index is 5.99. The quantitative estimate of drug-likeness (QED) is 0.379. The average molecular weight is 479 g/mol. The fourth-order valence-electron chi connectivity index (χ4n) is 3.12. The highest BCUT2D eigenvalue weighted by Gasteiger charge is 2.16. The van der Waals surface area contributed by atoms with Gasteiger partial charge in [0, 0.05) is 25.0 Å². The zero-order valence-corrected chi connectivity index (χ0v) is 18.5. The molecule has 5 nitrogen and oxygen atoms in total. The number of halogens is 1. The number of aryl methyl sites for hydroxylation is 1. The number of nitrogens with zero attached hydrogens (tertiary/aromatic N) is 3. The molecule has 6 heteroatoms. The van der Waals surface area contributed by atoms with E-state index in [2.05, 4.69) is 58.3 Å². The molecular weight excluding hydrogens is 449 g/mol. The Morgan fingerprint density at radius 1 is 1.15 bits per heavy atom. The molecule has 1 aromatic carbocycles. The van der Waals surface area contributed by atoms with E-state index in [1.54, 1.807) is 0 Å². The van der Waals surface area contributed by atoms with Crippen molar-refractivity contribution in [2.75, 3.05) is 23.3 Å². The van der Waals surface area contributed by atoms with Crippen LogP contribution in [0.3, 0.4) is 0 Å². The van der Waals surface area contributed by atoms with Gasteiger partial charge in [0.15, 0.2) is 5.96 Å². The average Bonchev–Trinajstić information content (AvgIpc) is 2.68. The lowest BCUT2D eigenvalue weighted by Crippen LogP contribution is -2.33. The van der Waals surface area contributed by atoms with Crippen molar-refractivity contribution in [2.24, 2.45) is 16.6 Å². The highest BCUT2D eigenvalue weighted by Crippen LogP contribution is 2.21. The zero-order chi connectivity index (χ0) is 18.4. The molecular formula is C21H30IN5. The summed E-state index contributed by atoms with van der Waals surface area (Å²) >= 11 is 0. The van der Waals surface area contributed by atoms with Crippen LogP contribution in [0.15, 0.2) is 47.6 Å². The number of nitrogens with one attached hydrogen (secondary N) is 1. The summed E-state index contributed by atoms with van der Waals surface area (Å²) in [5.41, 5.74) is 9.32. The van der Waals surface area contributed by atoms with Crippen molar-refractivity contribution in [3.8, 4) is 0 Å². The van der Waals surface area contributed by atoms with E-state index in [0.29, 0.717) is 12.5 Å². The number of benzene rings is 1. The standard InChI is InChI=1S/C21H29N5.HI/c1-3-17-4-7-19(8-5-17)25-21(22)24-15-18-6-9-20(23-14-18)26-12-10-16(2)11-13-26;/h4-9,14,16H,3,10-13,15H2,1-2H3,(H3,22,24,25);1H. The van der Waals surface area contributed by atoms with E-state index < -0.39 is 0 Å². The van der Waals surface area contributed by atoms with Gasteiger partial charge in [0.1, 0.15) is 5.82 Å². The Morgan fingerprint density at radius 2 is 1.81 bits per heavy atom. The Bertz CT molecular complexity index is 719. The van der Waals surface area contributed by atoms with Gasteiger partial charge in [0.05, 0.1) is 6.54 Å². The SMILES string of the molecule is CCc1ccc(NC(N)=NCc2ccc(N3CCC(C)CC3)nc2)cc1.I. The minimum absolute atomic E-state index is 0. The van der Waals surface area contributed by atoms with E-state index in [9.17, 15) is 0 Å². The van der Waals surface area contributed by atoms with Gasteiger partial charge in [-0.1, -0.05) is 32.0 Å². The fourth-order valence-corrected chi connectivity index (χ4v) is 3.12. The summed E-state index contributed by atoms with van der Waals surface area (Å²) < 4.78 is 0. The predicted molar refractivity (Wildman–Crippen MR) is 125 cm³/mol. The van der Waals surface area contributed by atoms with Crippen molar-refractivity contribution >= 4 is 41.4 Å². The number of hydrogen-bond donors (Lipinski definition) is 2. The second-order valence-electron chi connectivity index (χ2n) is 7.07. The first kappa shape index (κ1) is 21.5. The van der Waals surface area contributed by atoms with E-state index in [1.165, 1.54) is 18.4 Å².